The van der Waals surface area contributed by atoms with Crippen LogP contribution in [0.4, 0.5) is 0 Å². The highest BCUT2D eigenvalue weighted by atomic mass is 15.1. The van der Waals surface area contributed by atoms with Gasteiger partial charge in [-0.2, -0.15) is 0 Å². The van der Waals surface area contributed by atoms with Crippen molar-refractivity contribution in [3.8, 4) is 50.7 Å². The number of benzene rings is 6. The highest BCUT2D eigenvalue weighted by molar-refractivity contribution is 5.90. The van der Waals surface area contributed by atoms with Crippen molar-refractivity contribution in [3.05, 3.63) is 157 Å². The minimum absolute atomic E-state index is 0.717. The second kappa shape index (κ2) is 10.8. The standard InChI is InChI=1S/C40H28N4/c1-27-41-36-14-8-9-15-39(36)44(27)35-22-20-28(21-23-35)31-16-17-33-25-34(19-18-32(33)24-31)40-42-37(29-10-4-2-5-11-29)26-38(43-40)30-12-6-3-7-13-30/h2-26H,1H3. The third-order valence-corrected chi connectivity index (χ3v) is 8.15. The van der Waals surface area contributed by atoms with Gasteiger partial charge < -0.3 is 0 Å². The maximum absolute atomic E-state index is 5.01. The molecule has 4 nitrogen and oxygen atoms in total. The lowest BCUT2D eigenvalue weighted by molar-refractivity contribution is 1.00. The second-order valence-corrected chi connectivity index (χ2v) is 11.0. The zero-order valence-electron chi connectivity index (χ0n) is 24.2. The Bertz CT molecular complexity index is 2210. The Labute approximate surface area is 256 Å². The van der Waals surface area contributed by atoms with Gasteiger partial charge in [0.2, 0.25) is 0 Å². The number of para-hydroxylation sites is 2. The molecule has 8 rings (SSSR count). The number of hydrogen-bond acceptors (Lipinski definition) is 3. The molecule has 208 valence electrons. The Morgan fingerprint density at radius 2 is 0.977 bits per heavy atom. The highest BCUT2D eigenvalue weighted by Crippen LogP contribution is 2.31. The summed E-state index contributed by atoms with van der Waals surface area (Å²) in [5, 5.41) is 2.33. The normalized spacial score (nSPS) is 11.3. The third kappa shape index (κ3) is 4.73. The topological polar surface area (TPSA) is 43.6 Å². The molecule has 0 saturated carbocycles. The molecule has 0 amide bonds. The number of nitrogens with zero attached hydrogens (tertiary/aromatic N) is 4. The number of fused-ring (bicyclic) bond motifs is 2. The summed E-state index contributed by atoms with van der Waals surface area (Å²) in [5.74, 6) is 1.70. The molecule has 2 aromatic heterocycles. The zero-order chi connectivity index (χ0) is 29.5. The van der Waals surface area contributed by atoms with Crippen LogP contribution in [0.5, 0.6) is 0 Å². The van der Waals surface area contributed by atoms with E-state index in [1.807, 2.05) is 42.5 Å². The quantitative estimate of drug-likeness (QED) is 0.209. The molecule has 0 aliphatic rings. The van der Waals surface area contributed by atoms with Gasteiger partial charge in [-0.1, -0.05) is 109 Å². The van der Waals surface area contributed by atoms with Gasteiger partial charge in [-0.15, -0.1) is 0 Å². The van der Waals surface area contributed by atoms with Crippen LogP contribution in [-0.4, -0.2) is 19.5 Å². The maximum atomic E-state index is 5.01. The molecule has 44 heavy (non-hydrogen) atoms. The van der Waals surface area contributed by atoms with Crippen LogP contribution in [0.15, 0.2) is 152 Å². The van der Waals surface area contributed by atoms with Crippen LogP contribution in [0.3, 0.4) is 0 Å². The zero-order valence-corrected chi connectivity index (χ0v) is 24.2. The molecule has 0 spiro atoms. The number of hydrogen-bond donors (Lipinski definition) is 0. The van der Waals surface area contributed by atoms with Crippen molar-refractivity contribution in [3.63, 3.8) is 0 Å². The SMILES string of the molecule is Cc1nc2ccccc2n1-c1ccc(-c2ccc3cc(-c4nc(-c5ccccc5)cc(-c5ccccc5)n4)ccc3c2)cc1. The first-order valence-electron chi connectivity index (χ1n) is 14.8. The van der Waals surface area contributed by atoms with E-state index in [9.17, 15) is 0 Å². The second-order valence-electron chi connectivity index (χ2n) is 11.0. The van der Waals surface area contributed by atoms with Crippen molar-refractivity contribution in [1.29, 1.82) is 0 Å². The molecule has 0 aliphatic heterocycles. The van der Waals surface area contributed by atoms with Crippen LogP contribution in [0, 0.1) is 6.92 Å². The summed E-state index contributed by atoms with van der Waals surface area (Å²) >= 11 is 0. The molecule has 0 unspecified atom stereocenters. The maximum Gasteiger partial charge on any atom is 0.160 e. The first-order valence-corrected chi connectivity index (χ1v) is 14.8. The van der Waals surface area contributed by atoms with E-state index >= 15 is 0 Å². The van der Waals surface area contributed by atoms with Gasteiger partial charge in [-0.3, -0.25) is 4.57 Å². The minimum Gasteiger partial charge on any atom is -0.297 e. The van der Waals surface area contributed by atoms with Crippen LogP contribution in [0.25, 0.3) is 72.5 Å². The van der Waals surface area contributed by atoms with E-state index in [4.69, 9.17) is 15.0 Å². The summed E-state index contributed by atoms with van der Waals surface area (Å²) in [6, 6.07) is 52.8. The van der Waals surface area contributed by atoms with E-state index in [1.54, 1.807) is 0 Å². The summed E-state index contributed by atoms with van der Waals surface area (Å²) in [4.78, 5) is 14.7. The smallest absolute Gasteiger partial charge is 0.160 e. The van der Waals surface area contributed by atoms with E-state index in [-0.39, 0.29) is 0 Å². The lowest BCUT2D eigenvalue weighted by Gasteiger charge is -2.11. The average molecular weight is 565 g/mol. The molecule has 0 bridgehead atoms. The van der Waals surface area contributed by atoms with Crippen molar-refractivity contribution in [1.82, 2.24) is 19.5 Å². The van der Waals surface area contributed by atoms with E-state index in [1.165, 1.54) is 16.5 Å². The Hall–Kier alpha value is -5.87. The molecule has 8 aromatic rings. The van der Waals surface area contributed by atoms with Crippen molar-refractivity contribution in [2.75, 3.05) is 0 Å². The van der Waals surface area contributed by atoms with Gasteiger partial charge in [0, 0.05) is 22.4 Å². The predicted octanol–water partition coefficient (Wildman–Crippen LogP) is 9.95. The molecule has 4 heteroatoms. The fourth-order valence-electron chi connectivity index (χ4n) is 5.93. The number of aromatic nitrogens is 4. The largest absolute Gasteiger partial charge is 0.297 e. The summed E-state index contributed by atoms with van der Waals surface area (Å²) in [6.07, 6.45) is 0. The molecule has 2 heterocycles. The number of aryl methyl sites for hydroxylation is 1. The Kier molecular flexibility index (Phi) is 6.31. The molecule has 0 fully saturated rings. The van der Waals surface area contributed by atoms with Gasteiger partial charge in [0.15, 0.2) is 5.82 Å². The van der Waals surface area contributed by atoms with Gasteiger partial charge >= 0.3 is 0 Å². The lowest BCUT2D eigenvalue weighted by atomic mass is 9.99. The Morgan fingerprint density at radius 1 is 0.432 bits per heavy atom. The van der Waals surface area contributed by atoms with Crippen LogP contribution in [0.2, 0.25) is 0 Å². The summed E-state index contributed by atoms with van der Waals surface area (Å²) in [7, 11) is 0. The Balaban J connectivity index is 1.14. The van der Waals surface area contributed by atoms with E-state index in [2.05, 4.69) is 121 Å². The number of imidazole rings is 1. The first-order chi connectivity index (χ1) is 21.7. The van der Waals surface area contributed by atoms with Crippen LogP contribution >= 0.6 is 0 Å². The monoisotopic (exact) mass is 564 g/mol. The van der Waals surface area contributed by atoms with Crippen molar-refractivity contribution in [2.45, 2.75) is 6.92 Å². The summed E-state index contributed by atoms with van der Waals surface area (Å²) in [5.41, 5.74) is 10.5. The molecular formula is C40H28N4. The van der Waals surface area contributed by atoms with Crippen molar-refractivity contribution >= 4 is 21.8 Å². The van der Waals surface area contributed by atoms with Crippen LogP contribution in [-0.2, 0) is 0 Å². The lowest BCUT2D eigenvalue weighted by Crippen LogP contribution is -1.96. The number of rotatable bonds is 5. The molecule has 0 aliphatic carbocycles. The van der Waals surface area contributed by atoms with Crippen LogP contribution < -0.4 is 0 Å². The Morgan fingerprint density at radius 3 is 1.64 bits per heavy atom. The van der Waals surface area contributed by atoms with E-state index in [0.717, 1.165) is 56.0 Å². The molecule has 0 N–H and O–H groups in total. The highest BCUT2D eigenvalue weighted by Gasteiger charge is 2.12. The minimum atomic E-state index is 0.717. The van der Waals surface area contributed by atoms with Gasteiger partial charge in [0.25, 0.3) is 0 Å². The summed E-state index contributed by atoms with van der Waals surface area (Å²) in [6.45, 7) is 2.05. The molecule has 0 radical (unpaired) electrons. The first kappa shape index (κ1) is 25.8. The fourth-order valence-corrected chi connectivity index (χ4v) is 5.93. The fraction of sp³-hybridized carbons (Fsp3) is 0.0250. The van der Waals surface area contributed by atoms with Crippen molar-refractivity contribution < 1.29 is 0 Å². The molecule has 6 aromatic carbocycles. The molecular weight excluding hydrogens is 536 g/mol. The van der Waals surface area contributed by atoms with Gasteiger partial charge in [-0.05, 0) is 71.3 Å². The van der Waals surface area contributed by atoms with E-state index < -0.39 is 0 Å². The van der Waals surface area contributed by atoms with E-state index in [0.29, 0.717) is 5.82 Å². The molecule has 0 saturated heterocycles. The van der Waals surface area contributed by atoms with Gasteiger partial charge in [-0.25, -0.2) is 15.0 Å². The van der Waals surface area contributed by atoms with Crippen molar-refractivity contribution in [2.24, 2.45) is 0 Å². The van der Waals surface area contributed by atoms with Gasteiger partial charge in [0.1, 0.15) is 5.82 Å². The molecule has 0 atom stereocenters. The van der Waals surface area contributed by atoms with Gasteiger partial charge in [0.05, 0.1) is 22.4 Å². The average Bonchev–Trinajstić information content (AvgIpc) is 3.44. The predicted molar refractivity (Wildman–Crippen MR) is 181 cm³/mol. The van der Waals surface area contributed by atoms with Crippen LogP contribution in [0.1, 0.15) is 5.82 Å². The third-order valence-electron chi connectivity index (χ3n) is 8.15. The summed E-state index contributed by atoms with van der Waals surface area (Å²) < 4.78 is 2.21.